The number of hydrogen-bond donors (Lipinski definition) is 5. The van der Waals surface area contributed by atoms with Gasteiger partial charge in [0.2, 0.25) is 0 Å². The van der Waals surface area contributed by atoms with Crippen LogP contribution in [-0.2, 0) is 18.7 Å². The average Bonchev–Trinajstić information content (AvgIpc) is 2.30. The third-order valence-electron chi connectivity index (χ3n) is 2.49. The molecule has 1 atom stereocenters. The summed E-state index contributed by atoms with van der Waals surface area (Å²) >= 11 is 0. The zero-order chi connectivity index (χ0) is 18.3. The molecule has 0 aromatic carbocycles. The van der Waals surface area contributed by atoms with Crippen molar-refractivity contribution in [3.05, 3.63) is 23.8 Å². The van der Waals surface area contributed by atoms with Crippen molar-refractivity contribution in [2.45, 2.75) is 19.4 Å². The number of rotatable bonds is 10. The lowest BCUT2D eigenvalue weighted by atomic mass is 10.1. The van der Waals surface area contributed by atoms with Crippen molar-refractivity contribution >= 4 is 26.9 Å². The van der Waals surface area contributed by atoms with E-state index in [1.165, 1.54) is 6.92 Å². The highest BCUT2D eigenvalue weighted by Crippen LogP contribution is 2.36. The molecule has 0 amide bonds. The molecule has 0 aromatic heterocycles. The second kappa shape index (κ2) is 9.24. The van der Waals surface area contributed by atoms with Crippen LogP contribution in [0, 0.1) is 0 Å². The van der Waals surface area contributed by atoms with Crippen LogP contribution in [0.15, 0.2) is 23.8 Å². The Morgan fingerprint density at radius 3 is 1.65 bits per heavy atom. The summed E-state index contributed by atoms with van der Waals surface area (Å²) in [6.45, 7) is 0.715. The molecule has 0 bridgehead atoms. The van der Waals surface area contributed by atoms with E-state index in [1.54, 1.807) is 0 Å². The van der Waals surface area contributed by atoms with Gasteiger partial charge in [0.15, 0.2) is 0 Å². The molecule has 10 nitrogen and oxygen atoms in total. The third-order valence-corrected chi connectivity index (χ3v) is 3.68. The highest BCUT2D eigenvalue weighted by atomic mass is 31.2. The first-order valence-corrected chi connectivity index (χ1v) is 9.60. The van der Waals surface area contributed by atoms with Gasteiger partial charge in [-0.05, 0) is 6.92 Å². The topological polar surface area (TPSA) is 173 Å². The number of carbonyl (C=O) groups excluding carboxylic acids is 1. The lowest BCUT2D eigenvalue weighted by molar-refractivity contribution is -0.144. The normalized spacial score (nSPS) is 14.7. The molecule has 0 aliphatic heterocycles. The van der Waals surface area contributed by atoms with Crippen molar-refractivity contribution < 1.29 is 43.4 Å². The maximum Gasteiger partial charge on any atom is 0.348 e. The van der Waals surface area contributed by atoms with Gasteiger partial charge in [-0.3, -0.25) is 23.6 Å². The van der Waals surface area contributed by atoms with E-state index in [0.717, 1.165) is 17.1 Å². The summed E-state index contributed by atoms with van der Waals surface area (Å²) in [7, 11) is -8.84. The van der Waals surface area contributed by atoms with Gasteiger partial charge in [-0.2, -0.15) is 0 Å². The maximum atomic E-state index is 11.2. The molecule has 0 aromatic rings. The van der Waals surface area contributed by atoms with E-state index < -0.39 is 33.0 Å². The minimum absolute atomic E-state index is 0.235. The number of hydrogen-bond acceptors (Lipinski definition) is 5. The summed E-state index contributed by atoms with van der Waals surface area (Å²) in [5, 5.41) is 9.16. The summed E-state index contributed by atoms with van der Waals surface area (Å²) in [6.07, 6.45) is 1.70. The molecule has 1 unspecified atom stereocenters. The number of Topliss-reactive ketones (excluding diaryl/α,β-unsaturated/α-hetero) is 1. The lowest BCUT2D eigenvalue weighted by Crippen LogP contribution is -2.42. The summed E-state index contributed by atoms with van der Waals surface area (Å²) in [6, 6.07) is -1.30. The SMILES string of the molecule is CC(=O)CC(C(=O)O)N(CC=CP(=O)(O)O)CC=CP(=O)(O)O. The van der Waals surface area contributed by atoms with E-state index in [1.807, 2.05) is 0 Å². The monoisotopic (exact) mass is 371 g/mol. The molecule has 132 valence electrons. The van der Waals surface area contributed by atoms with E-state index in [2.05, 4.69) is 0 Å². The molecular formula is C11H19NO9P2. The van der Waals surface area contributed by atoms with Gasteiger partial charge in [-0.1, -0.05) is 12.2 Å². The Balaban J connectivity index is 5.24. The van der Waals surface area contributed by atoms with E-state index in [0.29, 0.717) is 11.6 Å². The predicted octanol–water partition coefficient (Wildman–Crippen LogP) is 0.103. The summed E-state index contributed by atoms with van der Waals surface area (Å²) in [5.41, 5.74) is 0. The first kappa shape index (κ1) is 21.9. The molecule has 0 spiro atoms. The highest BCUT2D eigenvalue weighted by molar-refractivity contribution is 7.55. The molecule has 23 heavy (non-hydrogen) atoms. The lowest BCUT2D eigenvalue weighted by Gasteiger charge is -2.25. The van der Waals surface area contributed by atoms with Crippen LogP contribution >= 0.6 is 15.2 Å². The Bertz CT molecular complexity index is 540. The smallest absolute Gasteiger partial charge is 0.348 e. The van der Waals surface area contributed by atoms with Gasteiger partial charge in [0.1, 0.15) is 11.8 Å². The molecule has 0 saturated heterocycles. The van der Waals surface area contributed by atoms with Crippen molar-refractivity contribution in [1.82, 2.24) is 4.90 Å². The van der Waals surface area contributed by atoms with Crippen LogP contribution in [0.2, 0.25) is 0 Å². The van der Waals surface area contributed by atoms with Crippen molar-refractivity contribution in [3.63, 3.8) is 0 Å². The number of nitrogens with zero attached hydrogens (tertiary/aromatic N) is 1. The number of carboxylic acid groups (broad SMARTS) is 1. The van der Waals surface area contributed by atoms with Crippen LogP contribution in [0.4, 0.5) is 0 Å². The van der Waals surface area contributed by atoms with E-state index in [4.69, 9.17) is 24.7 Å². The maximum absolute atomic E-state index is 11.2. The Kier molecular flexibility index (Phi) is 8.79. The molecule has 0 fully saturated rings. The van der Waals surface area contributed by atoms with E-state index >= 15 is 0 Å². The number of aliphatic carboxylic acids is 1. The average molecular weight is 371 g/mol. The van der Waals surface area contributed by atoms with Gasteiger partial charge in [0.05, 0.1) is 0 Å². The molecular weight excluding hydrogens is 352 g/mol. The van der Waals surface area contributed by atoms with Gasteiger partial charge in [-0.15, -0.1) is 0 Å². The molecule has 12 heteroatoms. The first-order chi connectivity index (χ1) is 10.3. The van der Waals surface area contributed by atoms with Crippen LogP contribution < -0.4 is 0 Å². The van der Waals surface area contributed by atoms with Gasteiger partial charge in [0.25, 0.3) is 0 Å². The molecule has 0 heterocycles. The molecule has 0 aliphatic rings. The number of carboxylic acids is 1. The van der Waals surface area contributed by atoms with Crippen LogP contribution in [0.3, 0.4) is 0 Å². The first-order valence-electron chi connectivity index (χ1n) is 6.24. The summed E-state index contributed by atoms with van der Waals surface area (Å²) in [5.74, 6) is -0.589. The van der Waals surface area contributed by atoms with E-state index in [-0.39, 0.29) is 19.5 Å². The van der Waals surface area contributed by atoms with Crippen molar-refractivity contribution in [2.75, 3.05) is 13.1 Å². The second-order valence-electron chi connectivity index (χ2n) is 4.66. The summed E-state index contributed by atoms with van der Waals surface area (Å²) in [4.78, 5) is 58.4. The number of carbonyl (C=O) groups is 2. The molecule has 0 saturated carbocycles. The Morgan fingerprint density at radius 2 is 1.39 bits per heavy atom. The predicted molar refractivity (Wildman–Crippen MR) is 80.7 cm³/mol. The Hall–Kier alpha value is -1.12. The third kappa shape index (κ3) is 12.0. The number of ketones is 1. The minimum atomic E-state index is -4.42. The van der Waals surface area contributed by atoms with Crippen molar-refractivity contribution in [3.8, 4) is 0 Å². The molecule has 5 N–H and O–H groups in total. The minimum Gasteiger partial charge on any atom is -0.480 e. The second-order valence-corrected chi connectivity index (χ2v) is 7.61. The fourth-order valence-electron chi connectivity index (χ4n) is 1.61. The Labute approximate surface area is 132 Å². The standard InChI is InChI=1S/C11H19NO9P2/c1-9(13)8-10(11(14)15)12(4-2-6-22(16,17)18)5-3-7-23(19,20)21/h2-3,6-7,10H,4-5,8H2,1H3,(H,14,15)(H2,16,17,18)(H2,19,20,21). The fraction of sp³-hybridized carbons (Fsp3) is 0.455. The van der Waals surface area contributed by atoms with Crippen LogP contribution in [0.5, 0.6) is 0 Å². The quantitative estimate of drug-likeness (QED) is 0.332. The largest absolute Gasteiger partial charge is 0.480 e. The summed E-state index contributed by atoms with van der Waals surface area (Å²) < 4.78 is 21.5. The van der Waals surface area contributed by atoms with Gasteiger partial charge >= 0.3 is 21.2 Å². The van der Waals surface area contributed by atoms with Crippen molar-refractivity contribution in [2.24, 2.45) is 0 Å². The highest BCUT2D eigenvalue weighted by Gasteiger charge is 2.26. The van der Waals surface area contributed by atoms with Gasteiger partial charge in [0, 0.05) is 31.1 Å². The van der Waals surface area contributed by atoms with Crippen molar-refractivity contribution in [1.29, 1.82) is 0 Å². The van der Waals surface area contributed by atoms with Gasteiger partial charge in [-0.25, -0.2) is 0 Å². The molecule has 0 rings (SSSR count). The van der Waals surface area contributed by atoms with E-state index in [9.17, 15) is 18.7 Å². The molecule has 0 radical (unpaired) electrons. The van der Waals surface area contributed by atoms with Crippen LogP contribution in [0.1, 0.15) is 13.3 Å². The van der Waals surface area contributed by atoms with Crippen LogP contribution in [-0.4, -0.2) is 60.5 Å². The molecule has 0 aliphatic carbocycles. The van der Waals surface area contributed by atoms with Gasteiger partial charge < -0.3 is 24.7 Å². The van der Waals surface area contributed by atoms with Crippen LogP contribution in [0.25, 0.3) is 0 Å². The Morgan fingerprint density at radius 1 is 1.00 bits per heavy atom. The zero-order valence-electron chi connectivity index (χ0n) is 12.2. The zero-order valence-corrected chi connectivity index (χ0v) is 14.0. The fourth-order valence-corrected chi connectivity index (χ4v) is 2.35.